The smallest absolute Gasteiger partial charge is 0.130 e. The van der Waals surface area contributed by atoms with Crippen molar-refractivity contribution >= 4 is 6.08 Å². The highest BCUT2D eigenvalue weighted by molar-refractivity contribution is 5.63. The molecule has 0 atom stereocenters. The number of nitrogens with zero attached hydrogens (tertiary/aromatic N) is 4. The molecule has 5 heteroatoms. The Labute approximate surface area is 123 Å². The van der Waals surface area contributed by atoms with Crippen LogP contribution in [-0.2, 0) is 6.54 Å². The molecule has 0 aliphatic rings. The number of ether oxygens (including phenoxy) is 1. The minimum Gasteiger partial charge on any atom is -0.494 e. The maximum Gasteiger partial charge on any atom is 0.130 e. The summed E-state index contributed by atoms with van der Waals surface area (Å²) in [5, 5.41) is 21.8. The van der Waals surface area contributed by atoms with Gasteiger partial charge in [0, 0.05) is 18.0 Å². The van der Waals surface area contributed by atoms with Crippen molar-refractivity contribution in [2.24, 2.45) is 0 Å². The van der Waals surface area contributed by atoms with Gasteiger partial charge in [0.1, 0.15) is 23.5 Å². The number of aromatic nitrogens is 2. The normalized spacial score (nSPS) is 9.48. The van der Waals surface area contributed by atoms with Crippen molar-refractivity contribution in [3.8, 4) is 17.9 Å². The summed E-state index contributed by atoms with van der Waals surface area (Å²) in [6, 6.07) is 11.1. The van der Waals surface area contributed by atoms with Gasteiger partial charge in [-0.05, 0) is 36.8 Å². The van der Waals surface area contributed by atoms with Crippen LogP contribution in [0.1, 0.15) is 18.1 Å². The van der Waals surface area contributed by atoms with Crippen molar-refractivity contribution in [2.45, 2.75) is 13.5 Å². The summed E-state index contributed by atoms with van der Waals surface area (Å²) in [6.07, 6.45) is 5.14. The molecule has 0 bridgehead atoms. The van der Waals surface area contributed by atoms with Crippen LogP contribution in [0.25, 0.3) is 6.08 Å². The van der Waals surface area contributed by atoms with E-state index in [4.69, 9.17) is 15.3 Å². The van der Waals surface area contributed by atoms with Gasteiger partial charge in [-0.15, -0.1) is 0 Å². The number of nitriles is 2. The zero-order chi connectivity index (χ0) is 15.1. The maximum absolute atomic E-state index is 8.82. The van der Waals surface area contributed by atoms with Crippen molar-refractivity contribution in [2.75, 3.05) is 6.61 Å². The topological polar surface area (TPSA) is 74.6 Å². The van der Waals surface area contributed by atoms with E-state index in [-0.39, 0.29) is 5.57 Å². The van der Waals surface area contributed by atoms with Crippen LogP contribution in [0.2, 0.25) is 0 Å². The first-order valence-electron chi connectivity index (χ1n) is 6.52. The minimum atomic E-state index is 0.0733. The van der Waals surface area contributed by atoms with Crippen LogP contribution < -0.4 is 4.74 Å². The van der Waals surface area contributed by atoms with Gasteiger partial charge >= 0.3 is 0 Å². The second kappa shape index (κ2) is 6.93. The number of hydrogen-bond donors (Lipinski definition) is 0. The van der Waals surface area contributed by atoms with Gasteiger partial charge in [-0.3, -0.25) is 4.68 Å². The van der Waals surface area contributed by atoms with E-state index in [1.807, 2.05) is 49.5 Å². The van der Waals surface area contributed by atoms with E-state index in [9.17, 15) is 0 Å². The van der Waals surface area contributed by atoms with Crippen LogP contribution >= 0.6 is 0 Å². The maximum atomic E-state index is 8.82. The first-order chi connectivity index (χ1) is 10.3. The molecule has 0 fully saturated rings. The molecule has 1 aromatic carbocycles. The second-order valence-corrected chi connectivity index (χ2v) is 4.29. The van der Waals surface area contributed by atoms with Crippen molar-refractivity contribution in [1.82, 2.24) is 9.78 Å². The van der Waals surface area contributed by atoms with Gasteiger partial charge in [-0.1, -0.05) is 6.07 Å². The third-order valence-corrected chi connectivity index (χ3v) is 2.83. The summed E-state index contributed by atoms with van der Waals surface area (Å²) in [4.78, 5) is 0. The molecule has 0 saturated heterocycles. The monoisotopic (exact) mass is 278 g/mol. The second-order valence-electron chi connectivity index (χ2n) is 4.29. The number of allylic oxidation sites excluding steroid dienone is 1. The van der Waals surface area contributed by atoms with Gasteiger partial charge in [0.15, 0.2) is 0 Å². The lowest BCUT2D eigenvalue weighted by molar-refractivity contribution is 0.335. The third kappa shape index (κ3) is 3.71. The highest BCUT2D eigenvalue weighted by atomic mass is 16.5. The molecular weight excluding hydrogens is 264 g/mol. The summed E-state index contributed by atoms with van der Waals surface area (Å²) in [7, 11) is 0. The molecule has 1 heterocycles. The Morgan fingerprint density at radius 3 is 2.81 bits per heavy atom. The molecule has 5 nitrogen and oxygen atoms in total. The van der Waals surface area contributed by atoms with E-state index in [1.54, 1.807) is 17.0 Å². The molecule has 0 radical (unpaired) electrons. The predicted octanol–water partition coefficient (Wildman–Crippen LogP) is 2.76. The predicted molar refractivity (Wildman–Crippen MR) is 78.1 cm³/mol. The molecule has 0 amide bonds. The largest absolute Gasteiger partial charge is 0.494 e. The Kier molecular flexibility index (Phi) is 4.74. The zero-order valence-electron chi connectivity index (χ0n) is 11.7. The first-order valence-corrected chi connectivity index (χ1v) is 6.52. The third-order valence-electron chi connectivity index (χ3n) is 2.83. The fourth-order valence-corrected chi connectivity index (χ4v) is 1.93. The molecule has 21 heavy (non-hydrogen) atoms. The fraction of sp³-hybridized carbons (Fsp3) is 0.188. The first kappa shape index (κ1) is 14.4. The molecule has 2 rings (SSSR count). The molecule has 0 spiro atoms. The average molecular weight is 278 g/mol. The van der Waals surface area contributed by atoms with Gasteiger partial charge in [0.05, 0.1) is 13.2 Å². The van der Waals surface area contributed by atoms with Crippen molar-refractivity contribution in [1.29, 1.82) is 10.5 Å². The van der Waals surface area contributed by atoms with Crippen LogP contribution in [0.15, 0.2) is 42.2 Å². The Balaban J connectivity index is 2.37. The van der Waals surface area contributed by atoms with Gasteiger partial charge in [0.25, 0.3) is 0 Å². The molecule has 1 aromatic heterocycles. The molecule has 0 N–H and O–H groups in total. The number of rotatable bonds is 5. The molecule has 0 aliphatic carbocycles. The van der Waals surface area contributed by atoms with Crippen molar-refractivity contribution in [3.63, 3.8) is 0 Å². The van der Waals surface area contributed by atoms with E-state index in [0.29, 0.717) is 13.2 Å². The van der Waals surface area contributed by atoms with Crippen LogP contribution in [0.3, 0.4) is 0 Å². The molecule has 0 unspecified atom stereocenters. The highest BCUT2D eigenvalue weighted by Crippen LogP contribution is 2.22. The van der Waals surface area contributed by atoms with Crippen LogP contribution in [0.4, 0.5) is 0 Å². The average Bonchev–Trinajstić information content (AvgIpc) is 3.00. The summed E-state index contributed by atoms with van der Waals surface area (Å²) in [5.41, 5.74) is 1.81. The zero-order valence-corrected chi connectivity index (χ0v) is 11.7. The van der Waals surface area contributed by atoms with Crippen molar-refractivity contribution in [3.05, 3.63) is 53.4 Å². The SMILES string of the molecule is CCOc1ccc(C=C(C#N)C#N)cc1Cn1cccn1. The minimum absolute atomic E-state index is 0.0733. The Morgan fingerprint density at radius 2 is 2.19 bits per heavy atom. The molecule has 2 aromatic rings. The molecule has 104 valence electrons. The van der Waals surface area contributed by atoms with E-state index in [0.717, 1.165) is 16.9 Å². The summed E-state index contributed by atoms with van der Waals surface area (Å²) >= 11 is 0. The standard InChI is InChI=1S/C16H14N4O/c1-2-21-16-5-4-13(8-14(10-17)11-18)9-15(16)12-20-7-3-6-19-20/h3-9H,2,12H2,1H3. The van der Waals surface area contributed by atoms with E-state index in [1.165, 1.54) is 0 Å². The highest BCUT2D eigenvalue weighted by Gasteiger charge is 2.06. The Morgan fingerprint density at radius 1 is 1.38 bits per heavy atom. The fourth-order valence-electron chi connectivity index (χ4n) is 1.93. The summed E-state index contributed by atoms with van der Waals surface area (Å²) < 4.78 is 7.40. The summed E-state index contributed by atoms with van der Waals surface area (Å²) in [5.74, 6) is 0.778. The number of benzene rings is 1. The van der Waals surface area contributed by atoms with Gasteiger partial charge in [0.2, 0.25) is 0 Å². The Hall–Kier alpha value is -3.05. The van der Waals surface area contributed by atoms with E-state index < -0.39 is 0 Å². The van der Waals surface area contributed by atoms with E-state index in [2.05, 4.69) is 5.10 Å². The van der Waals surface area contributed by atoms with Crippen LogP contribution in [0.5, 0.6) is 5.75 Å². The van der Waals surface area contributed by atoms with Crippen LogP contribution in [0, 0.1) is 22.7 Å². The van der Waals surface area contributed by atoms with Gasteiger partial charge < -0.3 is 4.74 Å². The number of hydrogen-bond acceptors (Lipinski definition) is 4. The van der Waals surface area contributed by atoms with Gasteiger partial charge in [-0.2, -0.15) is 15.6 Å². The van der Waals surface area contributed by atoms with E-state index >= 15 is 0 Å². The van der Waals surface area contributed by atoms with Crippen molar-refractivity contribution < 1.29 is 4.74 Å². The lowest BCUT2D eigenvalue weighted by Gasteiger charge is -2.11. The van der Waals surface area contributed by atoms with Gasteiger partial charge in [-0.25, -0.2) is 0 Å². The lowest BCUT2D eigenvalue weighted by atomic mass is 10.1. The molecular formula is C16H14N4O. The summed E-state index contributed by atoms with van der Waals surface area (Å²) in [6.45, 7) is 3.07. The Bertz CT molecular complexity index is 702. The molecule has 0 saturated carbocycles. The van der Waals surface area contributed by atoms with Crippen LogP contribution in [-0.4, -0.2) is 16.4 Å². The lowest BCUT2D eigenvalue weighted by Crippen LogP contribution is -2.04. The molecule has 0 aliphatic heterocycles. The quantitative estimate of drug-likeness (QED) is 0.788.